The average Bonchev–Trinajstić information content (AvgIpc) is 3.68. The second-order valence-corrected chi connectivity index (χ2v) is 12.5. The first-order chi connectivity index (χ1) is 23.2. The van der Waals surface area contributed by atoms with Crippen LogP contribution in [-0.2, 0) is 9.59 Å². The van der Waals surface area contributed by atoms with Crippen molar-refractivity contribution in [1.82, 2.24) is 14.8 Å². The summed E-state index contributed by atoms with van der Waals surface area (Å²) < 4.78 is 5.13. The molecule has 1 aromatic heterocycles. The van der Waals surface area contributed by atoms with E-state index in [4.69, 9.17) is 21.6 Å². The summed E-state index contributed by atoms with van der Waals surface area (Å²) in [5.74, 6) is 1.02. The fourth-order valence-electron chi connectivity index (χ4n) is 6.77. The van der Waals surface area contributed by atoms with E-state index in [0.717, 1.165) is 23.2 Å². The lowest BCUT2D eigenvalue weighted by Crippen LogP contribution is -2.43. The topological polar surface area (TPSA) is 167 Å². The van der Waals surface area contributed by atoms with E-state index >= 15 is 0 Å². The van der Waals surface area contributed by atoms with Gasteiger partial charge in [-0.2, -0.15) is 0 Å². The summed E-state index contributed by atoms with van der Waals surface area (Å²) in [5, 5.41) is 8.77. The number of aliphatic imine (C=N–C) groups is 2. The normalized spacial score (nSPS) is 20.2. The van der Waals surface area contributed by atoms with Crippen LogP contribution in [0.2, 0.25) is 0 Å². The number of nitrogens with two attached hydrogens (primary N) is 2. The van der Waals surface area contributed by atoms with Crippen LogP contribution in [0.3, 0.4) is 0 Å². The molecular formula is C36H41N9O3. The maximum Gasteiger partial charge on any atom is 0.237 e. The molecule has 0 aliphatic carbocycles. The number of hydrogen-bond donors (Lipinski definition) is 3. The van der Waals surface area contributed by atoms with Crippen molar-refractivity contribution in [2.45, 2.75) is 19.3 Å². The molecule has 3 aromatic rings. The number of carbonyl (C=O) groups is 2. The molecule has 5 N–H and O–H groups in total. The number of hydrogen-bond acceptors (Lipinski definition) is 8. The standard InChI is InChI=1S/C36H41N9O3/c1-40-23-42-34(39)26-5-3-24(4-6-26)25-11-15-44(16-12-25)32(46)21-43-17-13-36(22-43)14-18-45(35(36)47)28-8-9-30(37)29(19-28)33(38)27-7-10-31(48-2)41-20-27/h3-11,19-20,23,38H,12-18,21-22,37H2,1-2H3,(H2,39,40,42)/t36-/m0/s1. The Balaban J connectivity index is 1.05. The van der Waals surface area contributed by atoms with E-state index in [0.29, 0.717) is 80.6 Å². The van der Waals surface area contributed by atoms with Gasteiger partial charge in [0.1, 0.15) is 12.2 Å². The number of amidine groups is 1. The highest BCUT2D eigenvalue weighted by molar-refractivity contribution is 6.14. The minimum atomic E-state index is -0.520. The number of nitrogens with zero attached hydrogens (tertiary/aromatic N) is 6. The van der Waals surface area contributed by atoms with Gasteiger partial charge in [0, 0.05) is 73.6 Å². The summed E-state index contributed by atoms with van der Waals surface area (Å²) in [4.78, 5) is 45.2. The van der Waals surface area contributed by atoms with Crippen LogP contribution < -0.4 is 21.1 Å². The van der Waals surface area contributed by atoms with Gasteiger partial charge in [-0.3, -0.25) is 24.9 Å². The molecule has 4 heterocycles. The Hall–Kier alpha value is -5.36. The van der Waals surface area contributed by atoms with Crippen LogP contribution in [0.15, 0.2) is 76.9 Å². The van der Waals surface area contributed by atoms with Crippen LogP contribution >= 0.6 is 0 Å². The molecule has 48 heavy (non-hydrogen) atoms. The minimum absolute atomic E-state index is 0.0638. The lowest BCUT2D eigenvalue weighted by atomic mass is 9.85. The highest BCUT2D eigenvalue weighted by Crippen LogP contribution is 2.43. The van der Waals surface area contributed by atoms with E-state index in [1.807, 2.05) is 41.3 Å². The first kappa shape index (κ1) is 32.6. The molecule has 2 aromatic carbocycles. The number of aromatic nitrogens is 1. The molecule has 3 aliphatic heterocycles. The van der Waals surface area contributed by atoms with E-state index in [2.05, 4.69) is 25.9 Å². The molecule has 0 bridgehead atoms. The quantitative estimate of drug-likeness (QED) is 0.182. The van der Waals surface area contributed by atoms with Gasteiger partial charge in [0.25, 0.3) is 0 Å². The molecule has 0 saturated carbocycles. The second-order valence-electron chi connectivity index (χ2n) is 12.5. The number of rotatable bonds is 9. The van der Waals surface area contributed by atoms with Crippen molar-refractivity contribution in [3.05, 3.63) is 89.1 Å². The Bertz CT molecular complexity index is 1800. The zero-order valence-corrected chi connectivity index (χ0v) is 27.4. The monoisotopic (exact) mass is 647 g/mol. The molecule has 6 rings (SSSR count). The molecule has 248 valence electrons. The average molecular weight is 648 g/mol. The lowest BCUT2D eigenvalue weighted by molar-refractivity contribution is -0.132. The Labute approximate surface area is 280 Å². The van der Waals surface area contributed by atoms with E-state index in [1.54, 1.807) is 43.5 Å². The Morgan fingerprint density at radius 3 is 2.54 bits per heavy atom. The molecule has 2 fully saturated rings. The van der Waals surface area contributed by atoms with E-state index < -0.39 is 5.41 Å². The number of benzene rings is 2. The number of carbonyl (C=O) groups excluding carboxylic acids is 2. The van der Waals surface area contributed by atoms with Crippen LogP contribution in [0.1, 0.15) is 41.5 Å². The molecule has 1 atom stereocenters. The van der Waals surface area contributed by atoms with Crippen LogP contribution in [0.25, 0.3) is 5.57 Å². The predicted molar refractivity (Wildman–Crippen MR) is 189 cm³/mol. The Morgan fingerprint density at radius 1 is 1.08 bits per heavy atom. The lowest BCUT2D eigenvalue weighted by Gasteiger charge is -2.29. The minimum Gasteiger partial charge on any atom is -0.481 e. The zero-order valence-electron chi connectivity index (χ0n) is 27.4. The third-order valence-electron chi connectivity index (χ3n) is 9.58. The van der Waals surface area contributed by atoms with Gasteiger partial charge in [0.15, 0.2) is 0 Å². The van der Waals surface area contributed by atoms with Gasteiger partial charge in [0.2, 0.25) is 17.7 Å². The molecule has 2 saturated heterocycles. The van der Waals surface area contributed by atoms with E-state index in [-0.39, 0.29) is 17.5 Å². The van der Waals surface area contributed by atoms with Crippen molar-refractivity contribution in [3.63, 3.8) is 0 Å². The van der Waals surface area contributed by atoms with Crippen LogP contribution in [0, 0.1) is 10.8 Å². The number of nitrogens with one attached hydrogen (secondary N) is 1. The van der Waals surface area contributed by atoms with Crippen molar-refractivity contribution >= 4 is 46.6 Å². The zero-order chi connectivity index (χ0) is 33.8. The molecule has 1 spiro atoms. The smallest absolute Gasteiger partial charge is 0.237 e. The SMILES string of the molecule is CN=CN=C(N)c1ccc(C2=CCN(C(=O)CN3CC[C@]4(CCN(c5ccc(N)c(C(=N)c6ccc(OC)nc6)c5)C4=O)C3)CC2)cc1. The maximum absolute atomic E-state index is 13.9. The van der Waals surface area contributed by atoms with Gasteiger partial charge in [-0.1, -0.05) is 30.3 Å². The van der Waals surface area contributed by atoms with Crippen molar-refractivity contribution < 1.29 is 14.3 Å². The summed E-state index contributed by atoms with van der Waals surface area (Å²) in [6.45, 7) is 3.33. The molecule has 12 nitrogen and oxygen atoms in total. The number of nitrogen functional groups attached to an aromatic ring is 1. The van der Waals surface area contributed by atoms with Crippen molar-refractivity contribution in [3.8, 4) is 5.88 Å². The molecule has 0 unspecified atom stereocenters. The number of pyridine rings is 1. The fourth-order valence-corrected chi connectivity index (χ4v) is 6.77. The van der Waals surface area contributed by atoms with Gasteiger partial charge >= 0.3 is 0 Å². The van der Waals surface area contributed by atoms with Crippen LogP contribution in [0.5, 0.6) is 5.88 Å². The van der Waals surface area contributed by atoms with Gasteiger partial charge in [-0.15, -0.1) is 0 Å². The van der Waals surface area contributed by atoms with E-state index in [1.165, 1.54) is 11.9 Å². The fraction of sp³-hybridized carbons (Fsp3) is 0.333. The largest absolute Gasteiger partial charge is 0.481 e. The molecule has 2 amide bonds. The highest BCUT2D eigenvalue weighted by atomic mass is 16.5. The summed E-state index contributed by atoms with van der Waals surface area (Å²) in [6, 6.07) is 16.8. The van der Waals surface area contributed by atoms with Crippen molar-refractivity contribution in [2.75, 3.05) is 64.1 Å². The third kappa shape index (κ3) is 6.56. The Morgan fingerprint density at radius 2 is 1.85 bits per heavy atom. The van der Waals surface area contributed by atoms with Crippen molar-refractivity contribution in [1.29, 1.82) is 5.41 Å². The van der Waals surface area contributed by atoms with E-state index in [9.17, 15) is 9.59 Å². The van der Waals surface area contributed by atoms with Gasteiger partial charge < -0.3 is 26.0 Å². The number of ether oxygens (including phenoxy) is 1. The van der Waals surface area contributed by atoms with Gasteiger partial charge in [-0.05, 0) is 61.2 Å². The number of methoxy groups -OCH3 is 1. The third-order valence-corrected chi connectivity index (χ3v) is 9.58. The summed E-state index contributed by atoms with van der Waals surface area (Å²) >= 11 is 0. The Kier molecular flexibility index (Phi) is 9.35. The number of amides is 2. The molecule has 3 aliphatic rings. The summed E-state index contributed by atoms with van der Waals surface area (Å²) in [5.41, 5.74) is 17.5. The number of anilines is 2. The summed E-state index contributed by atoms with van der Waals surface area (Å²) in [6.07, 6.45) is 7.32. The molecular weight excluding hydrogens is 606 g/mol. The highest BCUT2D eigenvalue weighted by Gasteiger charge is 2.51. The second kappa shape index (κ2) is 13.8. The number of likely N-dealkylation sites (tertiary alicyclic amines) is 1. The first-order valence-corrected chi connectivity index (χ1v) is 16.1. The van der Waals surface area contributed by atoms with Crippen LogP contribution in [0.4, 0.5) is 11.4 Å². The first-order valence-electron chi connectivity index (χ1n) is 16.1. The van der Waals surface area contributed by atoms with Gasteiger partial charge in [0.05, 0.1) is 24.8 Å². The molecule has 0 radical (unpaired) electrons. The van der Waals surface area contributed by atoms with Crippen LogP contribution in [-0.4, -0.2) is 97.9 Å². The molecule has 12 heteroatoms. The van der Waals surface area contributed by atoms with Gasteiger partial charge in [-0.25, -0.2) is 9.98 Å². The maximum atomic E-state index is 13.9. The van der Waals surface area contributed by atoms with Crippen molar-refractivity contribution in [2.24, 2.45) is 21.1 Å². The predicted octanol–water partition coefficient (Wildman–Crippen LogP) is 3.20. The summed E-state index contributed by atoms with van der Waals surface area (Å²) in [7, 11) is 3.19.